The molecule has 16 heavy (non-hydrogen) atoms. The third kappa shape index (κ3) is 2.58. The van der Waals surface area contributed by atoms with Gasteiger partial charge in [-0.3, -0.25) is 4.90 Å². The average molecular weight is 224 g/mol. The molecule has 1 saturated heterocycles. The fraction of sp³-hybridized carbons (Fsp3) is 0.500. The van der Waals surface area contributed by atoms with Gasteiger partial charge in [0.25, 0.3) is 0 Å². The minimum atomic E-state index is -0.148. The monoisotopic (exact) mass is 224 g/mol. The Morgan fingerprint density at radius 2 is 2.25 bits per heavy atom. The average Bonchev–Trinajstić information content (AvgIpc) is 2.33. The first-order chi connectivity index (χ1) is 7.81. The number of morpholine rings is 1. The summed E-state index contributed by atoms with van der Waals surface area (Å²) in [6.07, 6.45) is 0. The summed E-state index contributed by atoms with van der Waals surface area (Å²) in [7, 11) is 0. The molecule has 3 nitrogen and oxygen atoms in total. The molecule has 1 unspecified atom stereocenters. The van der Waals surface area contributed by atoms with Gasteiger partial charge in [-0.15, -0.1) is 0 Å². The molecule has 88 valence electrons. The molecule has 1 aromatic carbocycles. The number of hydrogen-bond acceptors (Lipinski definition) is 3. The van der Waals surface area contributed by atoms with Crippen molar-refractivity contribution < 1.29 is 9.13 Å². The van der Waals surface area contributed by atoms with Gasteiger partial charge in [0.05, 0.1) is 13.2 Å². The maximum absolute atomic E-state index is 13.5. The van der Waals surface area contributed by atoms with E-state index in [1.165, 1.54) is 6.07 Å². The molecule has 0 amide bonds. The normalized spacial score (nSPS) is 22.2. The van der Waals surface area contributed by atoms with Crippen LogP contribution in [0.2, 0.25) is 0 Å². The van der Waals surface area contributed by atoms with E-state index in [-0.39, 0.29) is 11.9 Å². The molecule has 0 radical (unpaired) electrons. The summed E-state index contributed by atoms with van der Waals surface area (Å²) in [5.41, 5.74) is 6.39. The number of ether oxygens (including phenoxy) is 1. The highest BCUT2D eigenvalue weighted by Gasteiger charge is 2.22. The Morgan fingerprint density at radius 1 is 1.44 bits per heavy atom. The SMILES string of the molecule is NCC1COCCN1Cc1ccccc1F. The zero-order valence-corrected chi connectivity index (χ0v) is 9.23. The highest BCUT2D eigenvalue weighted by atomic mass is 19.1. The van der Waals surface area contributed by atoms with Crippen molar-refractivity contribution >= 4 is 0 Å². The fourth-order valence-electron chi connectivity index (χ4n) is 1.96. The van der Waals surface area contributed by atoms with E-state index in [2.05, 4.69) is 4.90 Å². The molecule has 4 heteroatoms. The second-order valence-corrected chi connectivity index (χ2v) is 4.03. The maximum Gasteiger partial charge on any atom is 0.127 e. The molecule has 0 bridgehead atoms. The third-order valence-corrected chi connectivity index (χ3v) is 2.95. The zero-order chi connectivity index (χ0) is 11.4. The van der Waals surface area contributed by atoms with Crippen molar-refractivity contribution in [2.45, 2.75) is 12.6 Å². The zero-order valence-electron chi connectivity index (χ0n) is 9.23. The van der Waals surface area contributed by atoms with Crippen molar-refractivity contribution in [3.05, 3.63) is 35.6 Å². The quantitative estimate of drug-likeness (QED) is 0.832. The largest absolute Gasteiger partial charge is 0.378 e. The minimum Gasteiger partial charge on any atom is -0.378 e. The standard InChI is InChI=1S/C12H17FN2O/c13-12-4-2-1-3-10(12)8-15-5-6-16-9-11(15)7-14/h1-4,11H,5-9,14H2. The van der Waals surface area contributed by atoms with Gasteiger partial charge in [0.2, 0.25) is 0 Å². The van der Waals surface area contributed by atoms with Crippen LogP contribution in [0.3, 0.4) is 0 Å². The molecule has 0 spiro atoms. The van der Waals surface area contributed by atoms with Gasteiger partial charge in [-0.05, 0) is 6.07 Å². The van der Waals surface area contributed by atoms with E-state index in [0.29, 0.717) is 26.3 Å². The van der Waals surface area contributed by atoms with Crippen LogP contribution in [-0.4, -0.2) is 37.2 Å². The Bertz CT molecular complexity index is 346. The van der Waals surface area contributed by atoms with Gasteiger partial charge < -0.3 is 10.5 Å². The summed E-state index contributed by atoms with van der Waals surface area (Å²) in [5.74, 6) is -0.148. The van der Waals surface area contributed by atoms with Gasteiger partial charge in [0, 0.05) is 31.2 Å². The fourth-order valence-corrected chi connectivity index (χ4v) is 1.96. The van der Waals surface area contributed by atoms with E-state index in [1.54, 1.807) is 6.07 Å². The van der Waals surface area contributed by atoms with Gasteiger partial charge in [-0.25, -0.2) is 4.39 Å². The van der Waals surface area contributed by atoms with Crippen molar-refractivity contribution in [3.63, 3.8) is 0 Å². The maximum atomic E-state index is 13.5. The molecule has 1 aromatic rings. The Morgan fingerprint density at radius 3 is 3.00 bits per heavy atom. The molecule has 2 rings (SSSR count). The molecular weight excluding hydrogens is 207 g/mol. The van der Waals surface area contributed by atoms with Gasteiger partial charge in [-0.2, -0.15) is 0 Å². The molecule has 1 fully saturated rings. The molecule has 1 aliphatic rings. The van der Waals surface area contributed by atoms with Crippen molar-refractivity contribution in [1.29, 1.82) is 0 Å². The van der Waals surface area contributed by atoms with E-state index < -0.39 is 0 Å². The molecule has 1 atom stereocenters. The van der Waals surface area contributed by atoms with Crippen LogP contribution in [0.5, 0.6) is 0 Å². The van der Waals surface area contributed by atoms with E-state index >= 15 is 0 Å². The second kappa shape index (κ2) is 5.39. The van der Waals surface area contributed by atoms with Crippen LogP contribution < -0.4 is 5.73 Å². The van der Waals surface area contributed by atoms with Crippen molar-refractivity contribution in [1.82, 2.24) is 4.90 Å². The van der Waals surface area contributed by atoms with Crippen LogP contribution >= 0.6 is 0 Å². The van der Waals surface area contributed by atoms with E-state index in [4.69, 9.17) is 10.5 Å². The third-order valence-electron chi connectivity index (χ3n) is 2.95. The van der Waals surface area contributed by atoms with E-state index in [0.717, 1.165) is 12.1 Å². The lowest BCUT2D eigenvalue weighted by atomic mass is 10.1. The molecule has 0 aromatic heterocycles. The number of nitrogens with two attached hydrogens (primary N) is 1. The lowest BCUT2D eigenvalue weighted by molar-refractivity contribution is -0.00835. The molecule has 1 heterocycles. The first-order valence-corrected chi connectivity index (χ1v) is 5.56. The topological polar surface area (TPSA) is 38.5 Å². The molecular formula is C12H17FN2O. The van der Waals surface area contributed by atoms with Crippen molar-refractivity contribution in [3.8, 4) is 0 Å². The highest BCUT2D eigenvalue weighted by Crippen LogP contribution is 2.14. The van der Waals surface area contributed by atoms with Gasteiger partial charge >= 0.3 is 0 Å². The molecule has 2 N–H and O–H groups in total. The van der Waals surface area contributed by atoms with Crippen molar-refractivity contribution in [2.75, 3.05) is 26.3 Å². The first kappa shape index (κ1) is 11.5. The number of benzene rings is 1. The molecule has 1 aliphatic heterocycles. The van der Waals surface area contributed by atoms with Crippen LogP contribution in [-0.2, 0) is 11.3 Å². The van der Waals surface area contributed by atoms with E-state index in [1.807, 2.05) is 12.1 Å². The Kier molecular flexibility index (Phi) is 3.88. The van der Waals surface area contributed by atoms with Crippen LogP contribution in [0.4, 0.5) is 4.39 Å². The van der Waals surface area contributed by atoms with Gasteiger partial charge in [-0.1, -0.05) is 18.2 Å². The van der Waals surface area contributed by atoms with Crippen LogP contribution in [0, 0.1) is 5.82 Å². The lowest BCUT2D eigenvalue weighted by Gasteiger charge is -2.34. The number of halogens is 1. The lowest BCUT2D eigenvalue weighted by Crippen LogP contribution is -2.48. The summed E-state index contributed by atoms with van der Waals surface area (Å²) in [6, 6.07) is 7.08. The van der Waals surface area contributed by atoms with Crippen molar-refractivity contribution in [2.24, 2.45) is 5.73 Å². The predicted molar refractivity (Wildman–Crippen MR) is 60.5 cm³/mol. The summed E-state index contributed by atoms with van der Waals surface area (Å²) in [5, 5.41) is 0. The van der Waals surface area contributed by atoms with Gasteiger partial charge in [0.1, 0.15) is 5.82 Å². The Hall–Kier alpha value is -0.970. The predicted octanol–water partition coefficient (Wildman–Crippen LogP) is 0.985. The Balaban J connectivity index is 2.05. The van der Waals surface area contributed by atoms with Gasteiger partial charge in [0.15, 0.2) is 0 Å². The number of nitrogens with zero attached hydrogens (tertiary/aromatic N) is 1. The number of rotatable bonds is 3. The van der Waals surface area contributed by atoms with Crippen LogP contribution in [0.25, 0.3) is 0 Å². The summed E-state index contributed by atoms with van der Waals surface area (Å²) in [6.45, 7) is 3.32. The molecule has 0 saturated carbocycles. The summed E-state index contributed by atoms with van der Waals surface area (Å²) >= 11 is 0. The second-order valence-electron chi connectivity index (χ2n) is 4.03. The first-order valence-electron chi connectivity index (χ1n) is 5.56. The summed E-state index contributed by atoms with van der Waals surface area (Å²) < 4.78 is 18.8. The van der Waals surface area contributed by atoms with Crippen LogP contribution in [0.1, 0.15) is 5.56 Å². The minimum absolute atomic E-state index is 0.148. The smallest absolute Gasteiger partial charge is 0.127 e. The molecule has 0 aliphatic carbocycles. The van der Waals surface area contributed by atoms with Crippen LogP contribution in [0.15, 0.2) is 24.3 Å². The van der Waals surface area contributed by atoms with E-state index in [9.17, 15) is 4.39 Å². The number of hydrogen-bond donors (Lipinski definition) is 1. The highest BCUT2D eigenvalue weighted by molar-refractivity contribution is 5.17. The Labute approximate surface area is 95.0 Å². The summed E-state index contributed by atoms with van der Waals surface area (Å²) in [4.78, 5) is 2.18.